The van der Waals surface area contributed by atoms with Crippen LogP contribution in [0.2, 0.25) is 28.2 Å². The van der Waals surface area contributed by atoms with Gasteiger partial charge >= 0.3 is 11.9 Å². The van der Waals surface area contributed by atoms with Gasteiger partial charge in [-0.3, -0.25) is 9.59 Å². The zero-order valence-electron chi connectivity index (χ0n) is 50.4. The van der Waals surface area contributed by atoms with Crippen molar-refractivity contribution >= 4 is 76.6 Å². The minimum Gasteiger partial charge on any atom is -0.496 e. The summed E-state index contributed by atoms with van der Waals surface area (Å²) in [6.07, 6.45) is 2.79. The number of pyridine rings is 2. The van der Waals surface area contributed by atoms with Crippen LogP contribution in [0.3, 0.4) is 0 Å². The SMILES string of the molecule is COC(=O)c1cn([C@H](CO)C(C)C)c2cc(OC)c(Cc3cc(N4CCOCC4)c(F)c(Cl)c3F)cc2c1=O.COC(=O)c1cn([C@H](CO[Si](C)(C)C(C)(C)C)C(C)C)c2cc(OC)c(Cc3cc(N4CCOCC4)c(F)c(Cl)c3F)cc2c1=O. The molecule has 4 aromatic carbocycles. The third-order valence-corrected chi connectivity index (χ3v) is 21.6. The number of aliphatic hydroxyl groups is 1. The van der Waals surface area contributed by atoms with Crippen molar-refractivity contribution in [1.29, 1.82) is 0 Å². The molecule has 16 nitrogen and oxygen atoms in total. The number of carbonyl (C=O) groups excluding carboxylic acids is 2. The molecule has 2 aliphatic rings. The molecule has 462 valence electrons. The zero-order valence-corrected chi connectivity index (χ0v) is 52.9. The van der Waals surface area contributed by atoms with Crippen LogP contribution in [0.4, 0.5) is 28.9 Å². The normalized spacial score (nSPS) is 14.8. The fourth-order valence-electron chi connectivity index (χ4n) is 10.3. The lowest BCUT2D eigenvalue weighted by molar-refractivity contribution is 0.0589. The molecule has 2 aromatic heterocycles. The predicted octanol–water partition coefficient (Wildman–Crippen LogP) is 11.7. The summed E-state index contributed by atoms with van der Waals surface area (Å²) in [4.78, 5) is 56.1. The minimum absolute atomic E-state index is 0.0182. The van der Waals surface area contributed by atoms with Gasteiger partial charge in [0, 0.05) is 74.3 Å². The number of methoxy groups -OCH3 is 4. The number of hydrogen-bond acceptors (Lipinski definition) is 14. The number of fused-ring (bicyclic) bond motifs is 2. The van der Waals surface area contributed by atoms with E-state index in [2.05, 4.69) is 47.7 Å². The summed E-state index contributed by atoms with van der Waals surface area (Å²) in [6.45, 7) is 22.2. The van der Waals surface area contributed by atoms with Gasteiger partial charge in [-0.15, -0.1) is 0 Å². The van der Waals surface area contributed by atoms with Gasteiger partial charge in [-0.1, -0.05) is 71.7 Å². The van der Waals surface area contributed by atoms with Crippen molar-refractivity contribution < 1.29 is 65.1 Å². The molecule has 0 radical (unpaired) electrons. The lowest BCUT2D eigenvalue weighted by Gasteiger charge is -2.38. The third-order valence-electron chi connectivity index (χ3n) is 16.4. The Kier molecular flexibility index (Phi) is 21.6. The lowest BCUT2D eigenvalue weighted by Crippen LogP contribution is -2.42. The average molecular weight is 1240 g/mol. The third kappa shape index (κ3) is 14.0. The van der Waals surface area contributed by atoms with Crippen LogP contribution in [-0.2, 0) is 36.2 Å². The van der Waals surface area contributed by atoms with Gasteiger partial charge in [0.25, 0.3) is 0 Å². The molecule has 8 rings (SSSR count). The number of morpholine rings is 2. The van der Waals surface area contributed by atoms with E-state index in [0.29, 0.717) is 92.9 Å². The standard InChI is InChI=1S/C34H45ClF2N2O6Si.C28H31ClF2N2O6/c1-20(2)27(19-45-46(8,9)34(3,4)5)39-18-24(33(41)43-7)32(40)23-15-21(28(42-6)17-25(23)39)14-22-16-26(31(37)29(35)30(22)36)38-10-12-44-13-11-38;1-15(2)22(14-34)33-13-19(28(36)38-4)27(35)18-10-16(23(37-3)12-20(18)33)9-17-11-21(26(31)24(29)25(17)30)32-5-7-39-8-6-32/h15-18,20,27H,10-14,19H2,1-9H3;10-13,15,22,34H,5-9,14H2,1-4H3/t27-;22-/m11/s1. The first-order valence-electron chi connectivity index (χ1n) is 28.1. The van der Waals surface area contributed by atoms with Gasteiger partial charge in [-0.05, 0) is 76.5 Å². The Labute approximate surface area is 503 Å². The highest BCUT2D eigenvalue weighted by molar-refractivity contribution is 6.74. The van der Waals surface area contributed by atoms with E-state index in [0.717, 1.165) is 0 Å². The Morgan fingerprint density at radius 3 is 1.32 bits per heavy atom. The first kappa shape index (κ1) is 66.3. The molecule has 0 aliphatic carbocycles. The Morgan fingerprint density at radius 2 is 0.988 bits per heavy atom. The number of carbonyl (C=O) groups is 2. The van der Waals surface area contributed by atoms with E-state index < -0.39 is 70.5 Å². The zero-order chi connectivity index (χ0) is 62.6. The Balaban J connectivity index is 0.000000247. The molecular formula is C62H76Cl2F4N4O12Si. The van der Waals surface area contributed by atoms with Crippen molar-refractivity contribution in [2.75, 3.05) is 104 Å². The molecule has 4 heterocycles. The van der Waals surface area contributed by atoms with Gasteiger partial charge < -0.3 is 56.9 Å². The van der Waals surface area contributed by atoms with Crippen molar-refractivity contribution in [2.24, 2.45) is 11.8 Å². The number of esters is 2. The molecule has 1 N–H and O–H groups in total. The highest BCUT2D eigenvalue weighted by Crippen LogP contribution is 2.40. The summed E-state index contributed by atoms with van der Waals surface area (Å²) < 4.78 is 103. The first-order valence-corrected chi connectivity index (χ1v) is 31.7. The van der Waals surface area contributed by atoms with Crippen LogP contribution in [0.15, 0.2) is 58.4 Å². The molecule has 2 aliphatic heterocycles. The van der Waals surface area contributed by atoms with Crippen molar-refractivity contribution in [3.63, 3.8) is 0 Å². The number of benzene rings is 4. The quantitative estimate of drug-likeness (QED) is 0.0373. The van der Waals surface area contributed by atoms with Crippen LogP contribution in [0.25, 0.3) is 21.8 Å². The number of hydrogen-bond donors (Lipinski definition) is 1. The minimum atomic E-state index is -2.14. The van der Waals surface area contributed by atoms with E-state index in [1.807, 2.05) is 18.4 Å². The van der Waals surface area contributed by atoms with Gasteiger partial charge in [-0.25, -0.2) is 27.2 Å². The summed E-state index contributed by atoms with van der Waals surface area (Å²) in [5.74, 6) is -4.32. The van der Waals surface area contributed by atoms with Gasteiger partial charge in [0.2, 0.25) is 10.9 Å². The molecule has 2 saturated heterocycles. The Hall–Kier alpha value is -6.20. The van der Waals surface area contributed by atoms with Crippen molar-refractivity contribution in [3.05, 3.63) is 136 Å². The molecule has 0 amide bonds. The van der Waals surface area contributed by atoms with Crippen molar-refractivity contribution in [3.8, 4) is 11.5 Å². The first-order chi connectivity index (χ1) is 40.1. The van der Waals surface area contributed by atoms with Crippen molar-refractivity contribution in [1.82, 2.24) is 9.13 Å². The average Bonchev–Trinajstić information content (AvgIpc) is 1.09. The number of ether oxygens (including phenoxy) is 6. The Bertz CT molecular complexity index is 3580. The van der Waals surface area contributed by atoms with E-state index in [9.17, 15) is 28.7 Å². The molecule has 23 heteroatoms. The molecule has 0 unspecified atom stereocenters. The second kappa shape index (κ2) is 27.7. The number of halogens is 6. The number of aromatic nitrogens is 2. The highest BCUT2D eigenvalue weighted by Gasteiger charge is 2.38. The smallest absolute Gasteiger partial charge is 0.343 e. The second-order valence-electron chi connectivity index (χ2n) is 23.3. The molecule has 0 spiro atoms. The summed E-state index contributed by atoms with van der Waals surface area (Å²) in [7, 11) is 3.19. The fraction of sp³-hybridized carbons (Fsp3) is 0.484. The number of aliphatic hydroxyl groups excluding tert-OH is 1. The molecule has 2 atom stereocenters. The van der Waals surface area contributed by atoms with E-state index in [1.54, 1.807) is 32.6 Å². The fourth-order valence-corrected chi connectivity index (χ4v) is 11.8. The Morgan fingerprint density at radius 1 is 0.612 bits per heavy atom. The topological polar surface area (TPSA) is 169 Å². The van der Waals surface area contributed by atoms with Gasteiger partial charge in [0.05, 0.1) is 103 Å². The van der Waals surface area contributed by atoms with Gasteiger partial charge in [-0.2, -0.15) is 0 Å². The van der Waals surface area contributed by atoms with Crippen LogP contribution < -0.4 is 30.1 Å². The summed E-state index contributed by atoms with van der Waals surface area (Å²) >= 11 is 12.2. The second-order valence-corrected chi connectivity index (χ2v) is 28.9. The summed E-state index contributed by atoms with van der Waals surface area (Å²) in [6, 6.07) is 8.62. The van der Waals surface area contributed by atoms with Crippen LogP contribution in [0.1, 0.15) is 104 Å². The molecule has 6 aromatic rings. The van der Waals surface area contributed by atoms with Crippen LogP contribution in [0, 0.1) is 35.1 Å². The monoisotopic (exact) mass is 1240 g/mol. The van der Waals surface area contributed by atoms with Crippen LogP contribution in [0.5, 0.6) is 11.5 Å². The largest absolute Gasteiger partial charge is 0.496 e. The van der Waals surface area contributed by atoms with Crippen molar-refractivity contribution in [2.45, 2.75) is 91.5 Å². The maximum atomic E-state index is 15.5. The van der Waals surface area contributed by atoms with Crippen LogP contribution >= 0.6 is 23.2 Å². The van der Waals surface area contributed by atoms with E-state index in [1.165, 1.54) is 59.0 Å². The number of anilines is 2. The molecular weight excluding hydrogens is 1170 g/mol. The lowest BCUT2D eigenvalue weighted by atomic mass is 9.98. The van der Waals surface area contributed by atoms with Gasteiger partial charge in [0.15, 0.2) is 20.0 Å². The summed E-state index contributed by atoms with van der Waals surface area (Å²) in [5, 5.41) is 9.27. The number of nitrogens with zero attached hydrogens (tertiary/aromatic N) is 4. The molecule has 0 bridgehead atoms. The summed E-state index contributed by atoms with van der Waals surface area (Å²) in [5.41, 5.74) is 1.00. The van der Waals surface area contributed by atoms with E-state index in [-0.39, 0.29) is 86.8 Å². The highest BCUT2D eigenvalue weighted by atomic mass is 35.5. The van der Waals surface area contributed by atoms with E-state index in [4.69, 9.17) is 56.0 Å². The van der Waals surface area contributed by atoms with E-state index >= 15 is 13.2 Å². The van der Waals surface area contributed by atoms with Crippen LogP contribution in [-0.4, -0.2) is 129 Å². The molecule has 2 fully saturated rings. The predicted molar refractivity (Wildman–Crippen MR) is 325 cm³/mol. The van der Waals surface area contributed by atoms with Gasteiger partial charge in [0.1, 0.15) is 44.3 Å². The maximum Gasteiger partial charge on any atom is 0.343 e. The molecule has 85 heavy (non-hydrogen) atoms. The number of rotatable bonds is 18. The molecule has 0 saturated carbocycles. The maximum absolute atomic E-state index is 15.5.